The minimum atomic E-state index is -3.22. The summed E-state index contributed by atoms with van der Waals surface area (Å²) >= 11 is 0. The number of anilines is 1. The molecule has 1 aromatic rings. The Kier molecular flexibility index (Phi) is 6.76. The zero-order chi connectivity index (χ0) is 19.6. The van der Waals surface area contributed by atoms with Crippen LogP contribution in [0.1, 0.15) is 40.3 Å². The zero-order valence-electron chi connectivity index (χ0n) is 16.0. The van der Waals surface area contributed by atoms with E-state index in [1.165, 1.54) is 16.8 Å². The van der Waals surface area contributed by atoms with Gasteiger partial charge in [0.15, 0.2) is 0 Å². The Morgan fingerprint density at radius 1 is 1.46 bits per heavy atom. The summed E-state index contributed by atoms with van der Waals surface area (Å²) in [6.45, 7) is 9.45. The van der Waals surface area contributed by atoms with Gasteiger partial charge >= 0.3 is 154 Å². The first kappa shape index (κ1) is 21.2. The van der Waals surface area contributed by atoms with Crippen LogP contribution in [0.2, 0.25) is 0 Å². The van der Waals surface area contributed by atoms with E-state index in [0.29, 0.717) is 6.42 Å². The molecular weight excluding hydrogens is 359 g/mol. The fourth-order valence-corrected chi connectivity index (χ4v) is 6.57. The first-order valence-corrected chi connectivity index (χ1v) is 11.2. The van der Waals surface area contributed by atoms with Gasteiger partial charge in [0.1, 0.15) is 0 Å². The number of aliphatic hydroxyl groups excluding tert-OH is 1. The first-order chi connectivity index (χ1) is 12.1. The zero-order valence-corrected chi connectivity index (χ0v) is 17.0. The summed E-state index contributed by atoms with van der Waals surface area (Å²) in [6.07, 6.45) is 0.0370. The molecule has 10 heteroatoms. The summed E-state index contributed by atoms with van der Waals surface area (Å²) in [5.74, 6) is 0.135. The second-order valence-corrected chi connectivity index (χ2v) is 9.89. The second-order valence-electron chi connectivity index (χ2n) is 7.27. The standard InChI is InChI=1S/C16H31N4O5P/c1-10(2)20(11(3)4)26(5,23)25-12-8-15(24-13(12)9-21)19-7-6-14(17)18-16(19)22/h6-7,10-13,15,21,23,26H,8-9H2,1-5H3,(H2,17,18,22)/t12-,13+,15+/m0/s1. The molecule has 0 spiro atoms. The molecule has 0 aromatic carbocycles. The van der Waals surface area contributed by atoms with Gasteiger partial charge in [0.25, 0.3) is 0 Å². The number of hydrogen-bond acceptors (Lipinski definition) is 8. The Labute approximate surface area is 154 Å². The van der Waals surface area contributed by atoms with Crippen molar-refractivity contribution < 1.29 is 19.3 Å². The first-order valence-electron chi connectivity index (χ1n) is 8.86. The molecule has 2 rings (SSSR count). The van der Waals surface area contributed by atoms with Gasteiger partial charge in [-0.15, -0.1) is 0 Å². The van der Waals surface area contributed by atoms with Crippen LogP contribution in [-0.2, 0) is 9.26 Å². The average Bonchev–Trinajstić information content (AvgIpc) is 2.87. The molecule has 150 valence electrons. The number of nitrogen functional groups attached to an aromatic ring is 1. The Bertz CT molecular complexity index is 658. The van der Waals surface area contributed by atoms with Crippen LogP contribution < -0.4 is 11.4 Å². The summed E-state index contributed by atoms with van der Waals surface area (Å²) < 4.78 is 15.1. The molecule has 1 aromatic heterocycles. The van der Waals surface area contributed by atoms with E-state index in [9.17, 15) is 14.8 Å². The Balaban J connectivity index is 2.20. The normalized spacial score (nSPS) is 24.8. The summed E-state index contributed by atoms with van der Waals surface area (Å²) in [5, 5.41) is 9.66. The molecule has 3 atom stereocenters. The molecule has 0 radical (unpaired) electrons. The van der Waals surface area contributed by atoms with Crippen molar-refractivity contribution in [3.05, 3.63) is 22.7 Å². The Morgan fingerprint density at radius 2 is 2.08 bits per heavy atom. The second kappa shape index (κ2) is 8.29. The molecule has 0 unspecified atom stereocenters. The van der Waals surface area contributed by atoms with Crippen molar-refractivity contribution in [3.8, 4) is 0 Å². The van der Waals surface area contributed by atoms with Crippen molar-refractivity contribution in [2.45, 2.75) is 64.6 Å². The molecule has 9 nitrogen and oxygen atoms in total. The van der Waals surface area contributed by atoms with Gasteiger partial charge in [0.2, 0.25) is 0 Å². The van der Waals surface area contributed by atoms with Crippen molar-refractivity contribution in [3.63, 3.8) is 0 Å². The van der Waals surface area contributed by atoms with E-state index in [1.807, 2.05) is 32.4 Å². The monoisotopic (exact) mass is 390 g/mol. The SMILES string of the molecule is CC(C)N(C(C)C)[PH](C)(O)O[C@H]1C[C@H](n2ccc(N)nc2=O)O[C@@H]1CO. The predicted molar refractivity (Wildman–Crippen MR) is 102 cm³/mol. The molecule has 4 N–H and O–H groups in total. The summed E-state index contributed by atoms with van der Waals surface area (Å²) in [5.41, 5.74) is 4.99. The predicted octanol–water partition coefficient (Wildman–Crippen LogP) is 0.726. The van der Waals surface area contributed by atoms with Crippen LogP contribution >= 0.6 is 7.87 Å². The molecule has 2 heterocycles. The van der Waals surface area contributed by atoms with E-state index in [0.717, 1.165) is 0 Å². The van der Waals surface area contributed by atoms with Crippen molar-refractivity contribution in [2.75, 3.05) is 19.0 Å². The van der Waals surface area contributed by atoms with E-state index >= 15 is 0 Å². The minimum absolute atomic E-state index is 0.103. The fourth-order valence-electron chi connectivity index (χ4n) is 3.71. The van der Waals surface area contributed by atoms with Crippen molar-refractivity contribution in [1.82, 2.24) is 14.2 Å². The van der Waals surface area contributed by atoms with Crippen molar-refractivity contribution in [2.24, 2.45) is 0 Å². The number of nitrogens with zero attached hydrogens (tertiary/aromatic N) is 3. The average molecular weight is 390 g/mol. The molecule has 0 aliphatic carbocycles. The van der Waals surface area contributed by atoms with Gasteiger partial charge in [-0.2, -0.15) is 0 Å². The molecule has 26 heavy (non-hydrogen) atoms. The quantitative estimate of drug-likeness (QED) is 0.582. The molecule has 0 bridgehead atoms. The summed E-state index contributed by atoms with van der Waals surface area (Å²) in [4.78, 5) is 26.8. The van der Waals surface area contributed by atoms with E-state index in [-0.39, 0.29) is 24.5 Å². The van der Waals surface area contributed by atoms with Crippen LogP contribution in [0.15, 0.2) is 17.1 Å². The molecule has 0 saturated carbocycles. The number of aliphatic hydroxyl groups is 1. The molecule has 0 amide bonds. The van der Waals surface area contributed by atoms with E-state index < -0.39 is 32.0 Å². The van der Waals surface area contributed by atoms with Crippen LogP contribution in [0.3, 0.4) is 0 Å². The number of aromatic nitrogens is 2. The number of hydrogen-bond donors (Lipinski definition) is 3. The van der Waals surface area contributed by atoms with Gasteiger partial charge in [0, 0.05) is 0 Å². The molecule has 1 aliphatic heterocycles. The van der Waals surface area contributed by atoms with Crippen LogP contribution in [-0.4, -0.2) is 61.8 Å². The van der Waals surface area contributed by atoms with Gasteiger partial charge in [-0.3, -0.25) is 0 Å². The van der Waals surface area contributed by atoms with Gasteiger partial charge in [-0.1, -0.05) is 0 Å². The van der Waals surface area contributed by atoms with E-state index in [1.54, 1.807) is 6.66 Å². The van der Waals surface area contributed by atoms with Gasteiger partial charge in [-0.05, 0) is 0 Å². The van der Waals surface area contributed by atoms with E-state index in [4.69, 9.17) is 15.0 Å². The van der Waals surface area contributed by atoms with Gasteiger partial charge < -0.3 is 0 Å². The number of nitrogens with two attached hydrogens (primary N) is 1. The molecule has 1 aliphatic rings. The van der Waals surface area contributed by atoms with Gasteiger partial charge in [0.05, 0.1) is 0 Å². The van der Waals surface area contributed by atoms with Gasteiger partial charge in [-0.25, -0.2) is 0 Å². The third-order valence-corrected chi connectivity index (χ3v) is 7.23. The number of rotatable bonds is 7. The summed E-state index contributed by atoms with van der Waals surface area (Å²) in [7, 11) is -3.22. The molecule has 1 saturated heterocycles. The fraction of sp³-hybridized carbons (Fsp3) is 0.750. The maximum absolute atomic E-state index is 12.0. The number of ether oxygens (including phenoxy) is 1. The van der Waals surface area contributed by atoms with Crippen molar-refractivity contribution in [1.29, 1.82) is 0 Å². The molecular formula is C16H31N4O5P. The van der Waals surface area contributed by atoms with Crippen LogP contribution in [0.5, 0.6) is 0 Å². The maximum atomic E-state index is 12.0. The van der Waals surface area contributed by atoms with Crippen LogP contribution in [0, 0.1) is 0 Å². The molecule has 1 fully saturated rings. The third-order valence-electron chi connectivity index (χ3n) is 4.49. The van der Waals surface area contributed by atoms with Crippen LogP contribution in [0.4, 0.5) is 5.82 Å². The Morgan fingerprint density at radius 3 is 2.58 bits per heavy atom. The third kappa shape index (κ3) is 4.60. The Hall–Kier alpha value is -1.09. The van der Waals surface area contributed by atoms with E-state index in [2.05, 4.69) is 4.98 Å². The topological polar surface area (TPSA) is 123 Å². The van der Waals surface area contributed by atoms with Crippen LogP contribution in [0.25, 0.3) is 0 Å². The summed E-state index contributed by atoms with van der Waals surface area (Å²) in [6, 6.07) is 1.72. The van der Waals surface area contributed by atoms with Crippen molar-refractivity contribution >= 4 is 13.7 Å².